The van der Waals surface area contributed by atoms with E-state index in [1.165, 1.54) is 0 Å². The maximum absolute atomic E-state index is 14.6. The molecule has 2 bridgehead atoms. The van der Waals surface area contributed by atoms with E-state index in [1.54, 1.807) is 6.92 Å². The Bertz CT molecular complexity index is 1490. The molecular formula is C38H62O21. The Morgan fingerprint density at radius 2 is 1.20 bits per heavy atom. The van der Waals surface area contributed by atoms with Gasteiger partial charge in [-0.2, -0.15) is 0 Å². The molecule has 3 saturated heterocycles. The highest BCUT2D eigenvalue weighted by atomic mass is 16.8. The molecule has 21 heteroatoms. The van der Waals surface area contributed by atoms with E-state index in [1.807, 2.05) is 6.92 Å². The highest BCUT2D eigenvalue weighted by Gasteiger charge is 2.74. The van der Waals surface area contributed by atoms with Gasteiger partial charge in [0.15, 0.2) is 18.7 Å². The Labute approximate surface area is 339 Å². The van der Waals surface area contributed by atoms with Crippen LogP contribution in [0.1, 0.15) is 58.8 Å². The molecule has 21 nitrogen and oxygen atoms in total. The SMILES string of the molecule is C[C@@]12CCC[C@@](C)(C(=O)O[C@@H]3O[C@H](CO)[C@@H](O)[C@H](O)[C@H]3O[C@@H]3O[C@H](CO)[C@@H](O)[C@H](O)[C@H]3O)[C@H]1[C@H](O)[C@H](O)[C@]13C[C@@H](CO[C@@H]4O[C@H](CO)[C@@H](O)[C@H](O)[C@H]4O)C(O)(CC[C@@H]21)C3. The second-order valence-electron chi connectivity index (χ2n) is 18.6. The lowest BCUT2D eigenvalue weighted by molar-refractivity contribution is -0.364. The minimum Gasteiger partial charge on any atom is -0.432 e. The average Bonchev–Trinajstić information content (AvgIpc) is 3.43. The van der Waals surface area contributed by atoms with Crippen molar-refractivity contribution in [3.05, 3.63) is 0 Å². The maximum Gasteiger partial charge on any atom is 0.314 e. The molecule has 3 heterocycles. The van der Waals surface area contributed by atoms with Crippen LogP contribution in [-0.4, -0.2) is 214 Å². The van der Waals surface area contributed by atoms with Gasteiger partial charge in [0.05, 0.1) is 49.7 Å². The van der Waals surface area contributed by atoms with Crippen molar-refractivity contribution in [1.29, 1.82) is 0 Å². The van der Waals surface area contributed by atoms with Crippen LogP contribution in [0.4, 0.5) is 0 Å². The summed E-state index contributed by atoms with van der Waals surface area (Å²) in [4.78, 5) is 14.6. The zero-order valence-corrected chi connectivity index (χ0v) is 32.9. The Kier molecular flexibility index (Phi) is 12.9. The number of carbonyl (C=O) groups is 1. The third-order valence-corrected chi connectivity index (χ3v) is 15.4. The van der Waals surface area contributed by atoms with E-state index in [4.69, 9.17) is 28.4 Å². The summed E-state index contributed by atoms with van der Waals surface area (Å²) >= 11 is 0. The van der Waals surface area contributed by atoms with Crippen LogP contribution in [-0.2, 0) is 33.2 Å². The van der Waals surface area contributed by atoms with E-state index < -0.39 is 164 Å². The van der Waals surface area contributed by atoms with Crippen LogP contribution in [0.5, 0.6) is 0 Å². The first-order chi connectivity index (χ1) is 27.7. The molecule has 0 aromatic carbocycles. The number of hydrogen-bond donors (Lipinski definition) is 14. The van der Waals surface area contributed by atoms with Crippen molar-refractivity contribution in [2.45, 2.75) is 169 Å². The maximum atomic E-state index is 14.6. The van der Waals surface area contributed by atoms with Crippen molar-refractivity contribution in [3.63, 3.8) is 0 Å². The van der Waals surface area contributed by atoms with Gasteiger partial charge in [-0.05, 0) is 56.8 Å². The van der Waals surface area contributed by atoms with Crippen LogP contribution in [0.2, 0.25) is 0 Å². The summed E-state index contributed by atoms with van der Waals surface area (Å²) in [7, 11) is 0. The lowest BCUT2D eigenvalue weighted by atomic mass is 9.39. The van der Waals surface area contributed by atoms with Gasteiger partial charge >= 0.3 is 5.97 Å². The van der Waals surface area contributed by atoms with Crippen LogP contribution in [0, 0.1) is 34.0 Å². The second kappa shape index (κ2) is 16.7. The zero-order valence-electron chi connectivity index (χ0n) is 32.9. The van der Waals surface area contributed by atoms with Crippen molar-refractivity contribution in [2.24, 2.45) is 34.0 Å². The number of fused-ring (bicyclic) bond motifs is 3. The number of carbonyl (C=O) groups excluding carboxylic acids is 1. The van der Waals surface area contributed by atoms with Gasteiger partial charge in [-0.1, -0.05) is 13.3 Å². The molecule has 7 rings (SSSR count). The van der Waals surface area contributed by atoms with Crippen LogP contribution in [0.3, 0.4) is 0 Å². The second-order valence-corrected chi connectivity index (χ2v) is 18.6. The Balaban J connectivity index is 1.11. The van der Waals surface area contributed by atoms with Crippen LogP contribution in [0.15, 0.2) is 0 Å². The van der Waals surface area contributed by atoms with Crippen LogP contribution < -0.4 is 0 Å². The molecule has 3 aliphatic heterocycles. The minimum atomic E-state index is -1.94. The predicted molar refractivity (Wildman–Crippen MR) is 191 cm³/mol. The number of ether oxygens (including phenoxy) is 6. The fraction of sp³-hybridized carbons (Fsp3) is 0.974. The monoisotopic (exact) mass is 854 g/mol. The average molecular weight is 855 g/mol. The van der Waals surface area contributed by atoms with Gasteiger partial charge in [-0.15, -0.1) is 0 Å². The number of esters is 1. The molecule has 59 heavy (non-hydrogen) atoms. The normalized spacial score (nSPS) is 56.2. The van der Waals surface area contributed by atoms with E-state index in [-0.39, 0.29) is 38.2 Å². The molecule has 7 aliphatic rings. The molecule has 4 saturated carbocycles. The van der Waals surface area contributed by atoms with Gasteiger partial charge in [0.25, 0.3) is 0 Å². The number of aliphatic hydroxyl groups is 14. The summed E-state index contributed by atoms with van der Waals surface area (Å²) < 4.78 is 34.2. The third-order valence-electron chi connectivity index (χ3n) is 15.4. The topological polar surface area (TPSA) is 356 Å². The van der Waals surface area contributed by atoms with E-state index in [9.17, 15) is 76.3 Å². The molecule has 24 atom stereocenters. The number of hydrogen-bond acceptors (Lipinski definition) is 21. The van der Waals surface area contributed by atoms with E-state index in [0.717, 1.165) is 0 Å². The lowest BCUT2D eigenvalue weighted by Crippen LogP contribution is -2.70. The van der Waals surface area contributed by atoms with E-state index in [2.05, 4.69) is 0 Å². The predicted octanol–water partition coefficient (Wildman–Crippen LogP) is -5.94. The van der Waals surface area contributed by atoms with Gasteiger partial charge in [0, 0.05) is 17.3 Å². The van der Waals surface area contributed by atoms with Crippen LogP contribution in [0.25, 0.3) is 0 Å². The molecular weight excluding hydrogens is 792 g/mol. The molecule has 0 radical (unpaired) electrons. The molecule has 340 valence electrons. The Morgan fingerprint density at radius 3 is 1.80 bits per heavy atom. The Morgan fingerprint density at radius 1 is 0.661 bits per heavy atom. The van der Waals surface area contributed by atoms with Gasteiger partial charge in [-0.3, -0.25) is 4.79 Å². The molecule has 0 amide bonds. The summed E-state index contributed by atoms with van der Waals surface area (Å²) in [5.41, 5.74) is -4.77. The standard InChI is InChI=1S/C38H62O21/c1-35-5-3-6-36(2,34(52)59-33-28(24(47)21(44)17(11-41)57-33)58-32-26(49)23(46)20(43)16(10-40)56-32)29(35)27(50)30(51)37-8-14(38(53,13-37)7-4-18(35)37)12-54-31-25(48)22(45)19(42)15(9-39)55-31/h14-33,39-51,53H,3-13H2,1-2H3/t14-,15+,16+,17+,18-,19+,20+,21+,22-,23-,24-,25+,26+,27-,28+,29-,30-,31+,32-,33-,35-,36+,37-,38?/m0/s1. The molecule has 0 aromatic rings. The summed E-state index contributed by atoms with van der Waals surface area (Å²) in [6, 6.07) is 0. The number of aliphatic hydroxyl groups excluding tert-OH is 13. The highest BCUT2D eigenvalue weighted by Crippen LogP contribution is 2.73. The van der Waals surface area contributed by atoms with Crippen LogP contribution >= 0.6 is 0 Å². The van der Waals surface area contributed by atoms with Gasteiger partial charge in [-0.25, -0.2) is 0 Å². The fourth-order valence-electron chi connectivity index (χ4n) is 12.4. The highest BCUT2D eigenvalue weighted by molar-refractivity contribution is 5.77. The van der Waals surface area contributed by atoms with Crippen molar-refractivity contribution in [1.82, 2.24) is 0 Å². The summed E-state index contributed by atoms with van der Waals surface area (Å²) in [6.45, 7) is 1.05. The molecule has 1 spiro atoms. The Hall–Kier alpha value is -1.29. The van der Waals surface area contributed by atoms with Crippen molar-refractivity contribution in [3.8, 4) is 0 Å². The molecule has 7 fully saturated rings. The van der Waals surface area contributed by atoms with E-state index >= 15 is 0 Å². The lowest BCUT2D eigenvalue weighted by Gasteiger charge is -2.66. The van der Waals surface area contributed by atoms with Gasteiger partial charge < -0.3 is 99.9 Å². The zero-order chi connectivity index (χ0) is 43.1. The fourth-order valence-corrected chi connectivity index (χ4v) is 12.4. The van der Waals surface area contributed by atoms with E-state index in [0.29, 0.717) is 19.3 Å². The number of rotatable bonds is 10. The molecule has 14 N–H and O–H groups in total. The molecule has 0 aromatic heterocycles. The first-order valence-corrected chi connectivity index (χ1v) is 20.5. The largest absolute Gasteiger partial charge is 0.432 e. The third kappa shape index (κ3) is 7.28. The quantitative estimate of drug-likeness (QED) is 0.0910. The summed E-state index contributed by atoms with van der Waals surface area (Å²) in [5.74, 6) is -2.85. The molecule has 4 aliphatic carbocycles. The van der Waals surface area contributed by atoms with Crippen molar-refractivity contribution in [2.75, 3.05) is 26.4 Å². The first kappa shape index (κ1) is 45.7. The van der Waals surface area contributed by atoms with Crippen molar-refractivity contribution >= 4 is 5.97 Å². The first-order valence-electron chi connectivity index (χ1n) is 20.5. The minimum absolute atomic E-state index is 0.0880. The van der Waals surface area contributed by atoms with Gasteiger partial charge in [0.2, 0.25) is 6.29 Å². The summed E-state index contributed by atoms with van der Waals surface area (Å²) in [5, 5.41) is 150. The van der Waals surface area contributed by atoms with Crippen molar-refractivity contribution < 1.29 is 105 Å². The summed E-state index contributed by atoms with van der Waals surface area (Å²) in [6.07, 6.45) is -26.1. The molecule has 1 unspecified atom stereocenters. The smallest absolute Gasteiger partial charge is 0.314 e. The van der Waals surface area contributed by atoms with Gasteiger partial charge in [0.1, 0.15) is 67.1 Å².